The Kier molecular flexibility index (Phi) is 5.69. The molecule has 2 aromatic carbocycles. The van der Waals surface area contributed by atoms with E-state index in [2.05, 4.69) is 15.6 Å². The first-order valence-corrected chi connectivity index (χ1v) is 8.22. The molecular weight excluding hydrogens is 368 g/mol. The van der Waals surface area contributed by atoms with Crippen LogP contribution in [0.1, 0.15) is 10.4 Å². The zero-order valence-corrected chi connectivity index (χ0v) is 15.1. The van der Waals surface area contributed by atoms with Crippen molar-refractivity contribution in [2.24, 2.45) is 0 Å². The number of halogens is 2. The normalized spacial score (nSPS) is 10.3. The Hall–Kier alpha value is -3.68. The van der Waals surface area contributed by atoms with Crippen LogP contribution in [-0.4, -0.2) is 25.1 Å². The molecular formula is C20H17F2N3O3. The number of rotatable bonds is 6. The van der Waals surface area contributed by atoms with Crippen LogP contribution in [0.5, 0.6) is 11.5 Å². The summed E-state index contributed by atoms with van der Waals surface area (Å²) >= 11 is 0. The summed E-state index contributed by atoms with van der Waals surface area (Å²) in [5.41, 5.74) is 0.760. The molecule has 0 bridgehead atoms. The van der Waals surface area contributed by atoms with Gasteiger partial charge in [0.2, 0.25) is 0 Å². The summed E-state index contributed by atoms with van der Waals surface area (Å²) < 4.78 is 37.1. The van der Waals surface area contributed by atoms with Crippen molar-refractivity contribution < 1.29 is 23.0 Å². The highest BCUT2D eigenvalue weighted by Crippen LogP contribution is 2.29. The monoisotopic (exact) mass is 385 g/mol. The van der Waals surface area contributed by atoms with Gasteiger partial charge in [-0.25, -0.2) is 13.8 Å². The number of benzene rings is 2. The standard InChI is InChI=1S/C20H17F2N3O3/c1-27-16-4-3-5-17(28-2)19(16)20(26)24-13-7-9-18(23-11-13)25-15-8-6-12(21)10-14(15)22/h3-11H,1-2H3,(H,23,25)(H,24,26). The average molecular weight is 385 g/mol. The number of carbonyl (C=O) groups excluding carboxylic acids is 1. The third-order valence-corrected chi connectivity index (χ3v) is 3.87. The maximum absolute atomic E-state index is 13.7. The number of hydrogen-bond donors (Lipinski definition) is 2. The van der Waals surface area contributed by atoms with Gasteiger partial charge >= 0.3 is 0 Å². The van der Waals surface area contributed by atoms with E-state index in [-0.39, 0.29) is 11.3 Å². The van der Waals surface area contributed by atoms with Crippen LogP contribution >= 0.6 is 0 Å². The highest BCUT2D eigenvalue weighted by atomic mass is 19.1. The van der Waals surface area contributed by atoms with E-state index in [1.54, 1.807) is 30.3 Å². The molecule has 6 nitrogen and oxygen atoms in total. The molecule has 1 heterocycles. The van der Waals surface area contributed by atoms with E-state index in [1.165, 1.54) is 26.5 Å². The molecule has 0 unspecified atom stereocenters. The fourth-order valence-corrected chi connectivity index (χ4v) is 2.54. The molecule has 3 aromatic rings. The van der Waals surface area contributed by atoms with Gasteiger partial charge in [-0.15, -0.1) is 0 Å². The Morgan fingerprint density at radius 1 is 1.00 bits per heavy atom. The summed E-state index contributed by atoms with van der Waals surface area (Å²) in [7, 11) is 2.92. The van der Waals surface area contributed by atoms with Crippen LogP contribution in [0.2, 0.25) is 0 Å². The van der Waals surface area contributed by atoms with Crippen molar-refractivity contribution in [2.75, 3.05) is 24.9 Å². The highest BCUT2D eigenvalue weighted by molar-refractivity contribution is 6.08. The van der Waals surface area contributed by atoms with Crippen LogP contribution in [-0.2, 0) is 0 Å². The second-order valence-corrected chi connectivity index (χ2v) is 5.67. The van der Waals surface area contributed by atoms with Gasteiger partial charge in [0.15, 0.2) is 0 Å². The van der Waals surface area contributed by atoms with Gasteiger partial charge < -0.3 is 20.1 Å². The second-order valence-electron chi connectivity index (χ2n) is 5.67. The maximum atomic E-state index is 13.7. The molecule has 3 rings (SSSR count). The number of methoxy groups -OCH3 is 2. The molecule has 0 radical (unpaired) electrons. The number of nitrogens with zero attached hydrogens (tertiary/aromatic N) is 1. The first-order chi connectivity index (χ1) is 13.5. The van der Waals surface area contributed by atoms with E-state index in [0.717, 1.165) is 12.1 Å². The topological polar surface area (TPSA) is 72.5 Å². The molecule has 0 saturated heterocycles. The number of pyridine rings is 1. The summed E-state index contributed by atoms with van der Waals surface area (Å²) in [4.78, 5) is 16.7. The van der Waals surface area contributed by atoms with E-state index < -0.39 is 17.5 Å². The number of carbonyl (C=O) groups is 1. The summed E-state index contributed by atoms with van der Waals surface area (Å²) in [5, 5.41) is 5.45. The number of aromatic nitrogens is 1. The fourth-order valence-electron chi connectivity index (χ4n) is 2.54. The Labute approximate surface area is 160 Å². The summed E-state index contributed by atoms with van der Waals surface area (Å²) in [6, 6.07) is 11.4. The molecule has 0 spiro atoms. The largest absolute Gasteiger partial charge is 0.496 e. The van der Waals surface area contributed by atoms with Crippen molar-refractivity contribution >= 4 is 23.1 Å². The molecule has 2 N–H and O–H groups in total. The Morgan fingerprint density at radius 2 is 1.71 bits per heavy atom. The number of anilines is 3. The van der Waals surface area contributed by atoms with Crippen molar-refractivity contribution in [3.05, 3.63) is 71.9 Å². The molecule has 144 valence electrons. The van der Waals surface area contributed by atoms with Gasteiger partial charge in [0, 0.05) is 6.07 Å². The molecule has 0 aliphatic heterocycles. The lowest BCUT2D eigenvalue weighted by Crippen LogP contribution is -2.14. The number of ether oxygens (including phenoxy) is 2. The lowest BCUT2D eigenvalue weighted by Gasteiger charge is -2.13. The van der Waals surface area contributed by atoms with Gasteiger partial charge in [0.05, 0.1) is 31.8 Å². The van der Waals surface area contributed by atoms with Crippen LogP contribution in [0.25, 0.3) is 0 Å². The number of nitrogens with one attached hydrogen (secondary N) is 2. The predicted octanol–water partition coefficient (Wildman–Crippen LogP) is 4.37. The summed E-state index contributed by atoms with van der Waals surface area (Å²) in [5.74, 6) is -0.757. The van der Waals surface area contributed by atoms with E-state index in [0.29, 0.717) is 23.0 Å². The lowest BCUT2D eigenvalue weighted by atomic mass is 10.1. The Balaban J connectivity index is 1.75. The summed E-state index contributed by atoms with van der Waals surface area (Å²) in [6.45, 7) is 0. The van der Waals surface area contributed by atoms with Crippen molar-refractivity contribution in [3.63, 3.8) is 0 Å². The third kappa shape index (κ3) is 4.17. The first kappa shape index (κ1) is 19.1. The average Bonchev–Trinajstić information content (AvgIpc) is 2.70. The van der Waals surface area contributed by atoms with Crippen LogP contribution in [0.4, 0.5) is 26.0 Å². The van der Waals surface area contributed by atoms with E-state index in [9.17, 15) is 13.6 Å². The molecule has 0 aliphatic rings. The second kappa shape index (κ2) is 8.34. The zero-order chi connectivity index (χ0) is 20.1. The SMILES string of the molecule is COc1cccc(OC)c1C(=O)Nc1ccc(Nc2ccc(F)cc2F)nc1. The minimum Gasteiger partial charge on any atom is -0.496 e. The third-order valence-electron chi connectivity index (χ3n) is 3.87. The van der Waals surface area contributed by atoms with Gasteiger partial charge in [-0.1, -0.05) is 6.07 Å². The van der Waals surface area contributed by atoms with Gasteiger partial charge in [0.25, 0.3) is 5.91 Å². The first-order valence-electron chi connectivity index (χ1n) is 8.22. The van der Waals surface area contributed by atoms with Crippen LogP contribution in [0, 0.1) is 11.6 Å². The highest BCUT2D eigenvalue weighted by Gasteiger charge is 2.18. The predicted molar refractivity (Wildman–Crippen MR) is 101 cm³/mol. The lowest BCUT2D eigenvalue weighted by molar-refractivity contribution is 0.102. The molecule has 0 aliphatic carbocycles. The molecule has 0 atom stereocenters. The minimum absolute atomic E-state index is 0.0874. The van der Waals surface area contributed by atoms with Crippen molar-refractivity contribution in [3.8, 4) is 11.5 Å². The number of hydrogen-bond acceptors (Lipinski definition) is 5. The quantitative estimate of drug-likeness (QED) is 0.659. The van der Waals surface area contributed by atoms with Crippen LogP contribution < -0.4 is 20.1 Å². The fraction of sp³-hybridized carbons (Fsp3) is 0.100. The molecule has 1 aromatic heterocycles. The van der Waals surface area contributed by atoms with Crippen LogP contribution in [0.15, 0.2) is 54.7 Å². The van der Waals surface area contributed by atoms with Crippen molar-refractivity contribution in [1.82, 2.24) is 4.98 Å². The van der Waals surface area contributed by atoms with Gasteiger partial charge in [-0.05, 0) is 36.4 Å². The van der Waals surface area contributed by atoms with Gasteiger partial charge in [0.1, 0.15) is 34.5 Å². The van der Waals surface area contributed by atoms with E-state index in [1.807, 2.05) is 0 Å². The molecule has 0 saturated carbocycles. The Morgan fingerprint density at radius 3 is 2.29 bits per heavy atom. The Bertz CT molecular complexity index is 972. The van der Waals surface area contributed by atoms with Gasteiger partial charge in [-0.3, -0.25) is 4.79 Å². The zero-order valence-electron chi connectivity index (χ0n) is 15.1. The number of amides is 1. The molecule has 1 amide bonds. The van der Waals surface area contributed by atoms with Gasteiger partial charge in [-0.2, -0.15) is 0 Å². The maximum Gasteiger partial charge on any atom is 0.263 e. The molecule has 0 fully saturated rings. The van der Waals surface area contributed by atoms with E-state index >= 15 is 0 Å². The van der Waals surface area contributed by atoms with E-state index in [4.69, 9.17) is 9.47 Å². The van der Waals surface area contributed by atoms with Crippen LogP contribution in [0.3, 0.4) is 0 Å². The minimum atomic E-state index is -0.734. The van der Waals surface area contributed by atoms with Crippen molar-refractivity contribution in [2.45, 2.75) is 0 Å². The summed E-state index contributed by atoms with van der Waals surface area (Å²) in [6.07, 6.45) is 1.41. The smallest absolute Gasteiger partial charge is 0.263 e. The van der Waals surface area contributed by atoms with Crippen molar-refractivity contribution in [1.29, 1.82) is 0 Å². The molecule has 28 heavy (non-hydrogen) atoms. The molecule has 8 heteroatoms.